The van der Waals surface area contributed by atoms with Gasteiger partial charge in [-0.3, -0.25) is 4.79 Å². The van der Waals surface area contributed by atoms with Gasteiger partial charge >= 0.3 is 0 Å². The van der Waals surface area contributed by atoms with Crippen molar-refractivity contribution in [2.75, 3.05) is 7.11 Å². The number of hydrogen-bond donors (Lipinski definition) is 0. The lowest BCUT2D eigenvalue weighted by Crippen LogP contribution is -2.23. The van der Waals surface area contributed by atoms with Crippen LogP contribution in [-0.2, 0) is 6.61 Å². The predicted octanol–water partition coefficient (Wildman–Crippen LogP) is 7.62. The van der Waals surface area contributed by atoms with Gasteiger partial charge in [-0.25, -0.2) is 4.68 Å². The molecule has 7 aromatic rings. The molecule has 3 aromatic heterocycles. The van der Waals surface area contributed by atoms with Crippen LogP contribution in [0.15, 0.2) is 108 Å². The van der Waals surface area contributed by atoms with Crippen molar-refractivity contribution in [2.24, 2.45) is 0 Å². The van der Waals surface area contributed by atoms with Crippen LogP contribution in [0, 0.1) is 0 Å². The number of fused-ring (bicyclic) bond motifs is 1. The molecule has 0 saturated carbocycles. The predicted molar refractivity (Wildman–Crippen MR) is 188 cm³/mol. The van der Waals surface area contributed by atoms with Crippen LogP contribution in [0.5, 0.6) is 11.5 Å². The number of para-hydroxylation sites is 1. The average Bonchev–Trinajstić information content (AvgIpc) is 3.78. The summed E-state index contributed by atoms with van der Waals surface area (Å²) >= 11 is 13.6. The Morgan fingerprint density at radius 3 is 2.36 bits per heavy atom. The summed E-state index contributed by atoms with van der Waals surface area (Å²) in [6.45, 7) is 0.302. The van der Waals surface area contributed by atoms with Crippen molar-refractivity contribution in [2.45, 2.75) is 6.61 Å². The zero-order chi connectivity index (χ0) is 32.3. The van der Waals surface area contributed by atoms with Crippen LogP contribution in [0.3, 0.4) is 0 Å². The molecule has 0 unspecified atom stereocenters. The molecule has 0 amide bonds. The minimum atomic E-state index is -0.246. The van der Waals surface area contributed by atoms with Crippen LogP contribution in [0.25, 0.3) is 40.1 Å². The molecule has 11 heteroatoms. The number of nitrogens with zero attached hydrogens (tertiary/aromatic N) is 5. The fraction of sp³-hybridized carbons (Fsp3) is 0.0556. The van der Waals surface area contributed by atoms with Crippen LogP contribution in [-0.4, -0.2) is 31.5 Å². The first-order valence-electron chi connectivity index (χ1n) is 14.5. The van der Waals surface area contributed by atoms with E-state index in [0.717, 1.165) is 33.7 Å². The molecule has 7 rings (SSSR count). The molecule has 232 valence electrons. The normalized spacial score (nSPS) is 11.9. The number of hydrogen-bond acceptors (Lipinski definition) is 7. The van der Waals surface area contributed by atoms with Crippen molar-refractivity contribution in [3.8, 4) is 28.4 Å². The number of methoxy groups -OCH3 is 1. The molecule has 0 aliphatic rings. The summed E-state index contributed by atoms with van der Waals surface area (Å²) in [5.41, 5.74) is 4.80. The third-order valence-electron chi connectivity index (χ3n) is 7.33. The van der Waals surface area contributed by atoms with Crippen molar-refractivity contribution < 1.29 is 9.47 Å². The number of rotatable bonds is 9. The largest absolute Gasteiger partial charge is 0.497 e. The van der Waals surface area contributed by atoms with E-state index in [4.69, 9.17) is 37.8 Å². The molecule has 0 bridgehead atoms. The lowest BCUT2D eigenvalue weighted by atomic mass is 10.1. The van der Waals surface area contributed by atoms with Gasteiger partial charge in [-0.1, -0.05) is 77.0 Å². The Hall–Kier alpha value is -5.22. The third kappa shape index (κ3) is 6.69. The van der Waals surface area contributed by atoms with Crippen molar-refractivity contribution in [1.82, 2.24) is 24.4 Å². The average molecular weight is 679 g/mol. The number of ether oxygens (including phenoxy) is 2. The smallest absolute Gasteiger partial charge is 0.291 e. The maximum atomic E-state index is 13.4. The minimum absolute atomic E-state index is 0.246. The van der Waals surface area contributed by atoms with Gasteiger partial charge < -0.3 is 9.47 Å². The first kappa shape index (κ1) is 30.4. The number of halogens is 2. The van der Waals surface area contributed by atoms with Gasteiger partial charge in [0.1, 0.15) is 23.8 Å². The Balaban J connectivity index is 1.19. The molecule has 0 fully saturated rings. The minimum Gasteiger partial charge on any atom is -0.497 e. The number of thiazole rings is 1. The van der Waals surface area contributed by atoms with E-state index >= 15 is 0 Å². The number of benzene rings is 4. The lowest BCUT2D eigenvalue weighted by molar-refractivity contribution is 0.306. The second-order valence-corrected chi connectivity index (χ2v) is 12.3. The molecule has 8 nitrogen and oxygen atoms in total. The fourth-order valence-electron chi connectivity index (χ4n) is 4.89. The highest BCUT2D eigenvalue weighted by atomic mass is 35.5. The summed E-state index contributed by atoms with van der Waals surface area (Å²) in [6.07, 6.45) is 7.43. The van der Waals surface area contributed by atoms with Gasteiger partial charge in [0, 0.05) is 32.9 Å². The summed E-state index contributed by atoms with van der Waals surface area (Å²) in [4.78, 5) is 18.5. The zero-order valence-electron chi connectivity index (χ0n) is 24.9. The van der Waals surface area contributed by atoms with Gasteiger partial charge in [-0.15, -0.1) is 5.10 Å². The van der Waals surface area contributed by atoms with E-state index in [2.05, 4.69) is 10.1 Å². The lowest BCUT2D eigenvalue weighted by Gasteiger charge is -2.09. The van der Waals surface area contributed by atoms with E-state index < -0.39 is 0 Å². The SMILES string of the molecule is COc1ccc(/C=C/c2nc3s/c(=C\c4cn(-c5ccccc5)nc4-c4ccc(OCc5ccc(Cl)cc5Cl)cc4)c(=O)n3n2)cc1. The first-order chi connectivity index (χ1) is 22.9. The van der Waals surface area contributed by atoms with Crippen LogP contribution in [0.2, 0.25) is 10.0 Å². The van der Waals surface area contributed by atoms with Crippen LogP contribution < -0.4 is 19.6 Å². The molecule has 0 radical (unpaired) electrons. The molecule has 0 N–H and O–H groups in total. The Morgan fingerprint density at radius 2 is 1.64 bits per heavy atom. The van der Waals surface area contributed by atoms with Gasteiger partial charge in [0.15, 0.2) is 5.82 Å². The summed E-state index contributed by atoms with van der Waals surface area (Å²) in [5.74, 6) is 1.91. The topological polar surface area (TPSA) is 83.5 Å². The number of aromatic nitrogens is 5. The Morgan fingerprint density at radius 1 is 0.872 bits per heavy atom. The Kier molecular flexibility index (Phi) is 8.58. The van der Waals surface area contributed by atoms with Crippen molar-refractivity contribution >= 4 is 57.7 Å². The zero-order valence-corrected chi connectivity index (χ0v) is 27.2. The van der Waals surface area contributed by atoms with Crippen molar-refractivity contribution in [3.63, 3.8) is 0 Å². The highest BCUT2D eigenvalue weighted by Gasteiger charge is 2.14. The summed E-state index contributed by atoms with van der Waals surface area (Å²) in [7, 11) is 1.63. The van der Waals surface area contributed by atoms with Crippen LogP contribution in [0.4, 0.5) is 0 Å². The molecule has 0 saturated heterocycles. The summed E-state index contributed by atoms with van der Waals surface area (Å²) in [5, 5.41) is 10.5. The molecule has 0 aliphatic carbocycles. The molecule has 4 aromatic carbocycles. The first-order valence-corrected chi connectivity index (χ1v) is 16.1. The van der Waals surface area contributed by atoms with Crippen molar-refractivity contribution in [3.05, 3.63) is 151 Å². The van der Waals surface area contributed by atoms with Crippen LogP contribution >= 0.6 is 34.5 Å². The monoisotopic (exact) mass is 677 g/mol. The van der Waals surface area contributed by atoms with E-state index in [1.807, 2.05) is 103 Å². The molecule has 3 heterocycles. The molecular formula is C36H25Cl2N5O3S. The van der Waals surface area contributed by atoms with Gasteiger partial charge in [-0.05, 0) is 78.4 Å². The molecule has 0 aliphatic heterocycles. The van der Waals surface area contributed by atoms with E-state index in [1.165, 1.54) is 15.9 Å². The Bertz CT molecular complexity index is 2330. The maximum Gasteiger partial charge on any atom is 0.291 e. The molecule has 0 spiro atoms. The third-order valence-corrected chi connectivity index (χ3v) is 8.87. The Labute approximate surface area is 283 Å². The van der Waals surface area contributed by atoms with E-state index in [9.17, 15) is 4.79 Å². The highest BCUT2D eigenvalue weighted by molar-refractivity contribution is 7.15. The van der Waals surface area contributed by atoms with E-state index in [1.54, 1.807) is 30.0 Å². The van der Waals surface area contributed by atoms with Crippen molar-refractivity contribution in [1.29, 1.82) is 0 Å². The fourth-order valence-corrected chi connectivity index (χ4v) is 6.25. The van der Waals surface area contributed by atoms with Gasteiger partial charge in [0.05, 0.1) is 17.3 Å². The summed E-state index contributed by atoms with van der Waals surface area (Å²) < 4.78 is 14.8. The second-order valence-electron chi connectivity index (χ2n) is 10.4. The second kappa shape index (κ2) is 13.3. The standard InChI is InChI=1S/C36H25Cl2N5O3S/c1-45-29-14-7-23(8-15-29)9-18-33-39-36-43(40-33)35(44)32(47-36)19-26-21-42(28-5-3-2-4-6-28)41-34(26)24-11-16-30(17-12-24)46-22-25-10-13-27(37)20-31(25)38/h2-21H,22H2,1H3/b18-9+,32-19-. The molecule has 47 heavy (non-hydrogen) atoms. The van der Waals surface area contributed by atoms with Gasteiger partial charge in [0.2, 0.25) is 4.96 Å². The summed E-state index contributed by atoms with van der Waals surface area (Å²) in [6, 6.07) is 30.4. The van der Waals surface area contributed by atoms with Crippen LogP contribution in [0.1, 0.15) is 22.5 Å². The van der Waals surface area contributed by atoms with Gasteiger partial charge in [-0.2, -0.15) is 14.6 Å². The van der Waals surface area contributed by atoms with E-state index in [0.29, 0.717) is 43.4 Å². The molecular weight excluding hydrogens is 653 g/mol. The highest BCUT2D eigenvalue weighted by Crippen LogP contribution is 2.28. The maximum absolute atomic E-state index is 13.4. The quantitative estimate of drug-likeness (QED) is 0.156. The van der Waals surface area contributed by atoms with Gasteiger partial charge in [0.25, 0.3) is 5.56 Å². The molecule has 0 atom stereocenters. The van der Waals surface area contributed by atoms with E-state index in [-0.39, 0.29) is 5.56 Å².